The number of amides is 1. The van der Waals surface area contributed by atoms with Crippen LogP contribution in [0.2, 0.25) is 0 Å². The number of aromatic nitrogens is 1. The first-order valence-corrected chi connectivity index (χ1v) is 16.1. The quantitative estimate of drug-likeness (QED) is 0.155. The first-order valence-electron chi connectivity index (χ1n) is 14.6. The molecule has 0 fully saturated rings. The number of aliphatic carboxylic acids is 1. The Bertz CT molecular complexity index is 2130. The van der Waals surface area contributed by atoms with Crippen molar-refractivity contribution in [2.45, 2.75) is 17.4 Å². The van der Waals surface area contributed by atoms with E-state index in [2.05, 4.69) is 10.0 Å². The van der Waals surface area contributed by atoms with Crippen LogP contribution in [0.1, 0.15) is 16.1 Å². The molecule has 0 radical (unpaired) electrons. The Kier molecular flexibility index (Phi) is 8.41. The number of nitrogens with one attached hydrogen (secondary N) is 2. The number of carboxylic acid groups (broad SMARTS) is 1. The molecule has 1 aromatic heterocycles. The second kappa shape index (κ2) is 12.7. The summed E-state index contributed by atoms with van der Waals surface area (Å²) in [5.41, 5.74) is 5.21. The van der Waals surface area contributed by atoms with Crippen LogP contribution in [0.5, 0.6) is 0 Å². The molecule has 0 bridgehead atoms. The van der Waals surface area contributed by atoms with Gasteiger partial charge in [0.2, 0.25) is 0 Å². The van der Waals surface area contributed by atoms with E-state index in [9.17, 15) is 23.1 Å². The van der Waals surface area contributed by atoms with E-state index < -0.39 is 27.9 Å². The molecule has 5 aromatic carbocycles. The summed E-state index contributed by atoms with van der Waals surface area (Å²) in [5, 5.41) is 13.3. The highest BCUT2D eigenvalue weighted by Gasteiger charge is 2.27. The number of carbonyl (C=O) groups excluding carboxylic acids is 1. The lowest BCUT2D eigenvalue weighted by atomic mass is 10.0. The number of rotatable bonds is 10. The van der Waals surface area contributed by atoms with Crippen LogP contribution >= 0.6 is 0 Å². The van der Waals surface area contributed by atoms with E-state index in [1.54, 1.807) is 54.1 Å². The van der Waals surface area contributed by atoms with Gasteiger partial charge in [0.1, 0.15) is 11.7 Å². The predicted molar refractivity (Wildman–Crippen MR) is 180 cm³/mol. The summed E-state index contributed by atoms with van der Waals surface area (Å²) < 4.78 is 31.2. The Morgan fingerprint density at radius 3 is 1.91 bits per heavy atom. The summed E-state index contributed by atoms with van der Waals surface area (Å²) >= 11 is 0. The molecule has 0 aliphatic rings. The van der Waals surface area contributed by atoms with Crippen LogP contribution < -0.4 is 10.0 Å². The smallest absolute Gasteiger partial charge is 0.326 e. The normalized spacial score (nSPS) is 12.0. The molecule has 9 heteroatoms. The number of carbonyl (C=O) groups is 2. The van der Waals surface area contributed by atoms with Gasteiger partial charge in [-0.25, -0.2) is 13.2 Å². The Balaban J connectivity index is 1.35. The molecule has 8 nitrogen and oxygen atoms in total. The number of aryl methyl sites for hydroxylation is 1. The van der Waals surface area contributed by atoms with Crippen molar-refractivity contribution in [3.63, 3.8) is 0 Å². The molecule has 1 heterocycles. The number of hydrogen-bond donors (Lipinski definition) is 3. The van der Waals surface area contributed by atoms with Gasteiger partial charge >= 0.3 is 5.97 Å². The summed E-state index contributed by atoms with van der Waals surface area (Å²) in [6.45, 7) is 0. The van der Waals surface area contributed by atoms with Crippen molar-refractivity contribution in [2.75, 3.05) is 4.72 Å². The van der Waals surface area contributed by atoms with Gasteiger partial charge in [0.25, 0.3) is 15.9 Å². The van der Waals surface area contributed by atoms with Gasteiger partial charge in [-0.1, -0.05) is 103 Å². The van der Waals surface area contributed by atoms with Gasteiger partial charge in [0.05, 0.1) is 4.90 Å². The van der Waals surface area contributed by atoms with Gasteiger partial charge in [-0.2, -0.15) is 0 Å². The predicted octanol–water partition coefficient (Wildman–Crippen LogP) is 6.74. The van der Waals surface area contributed by atoms with Crippen LogP contribution in [0.15, 0.2) is 138 Å². The van der Waals surface area contributed by atoms with E-state index in [0.717, 1.165) is 22.3 Å². The number of sulfonamides is 1. The summed E-state index contributed by atoms with van der Waals surface area (Å²) in [4.78, 5) is 26.2. The molecule has 0 unspecified atom stereocenters. The van der Waals surface area contributed by atoms with Crippen molar-refractivity contribution in [1.82, 2.24) is 9.88 Å². The molecule has 1 atom stereocenters. The highest BCUT2D eigenvalue weighted by molar-refractivity contribution is 7.92. The van der Waals surface area contributed by atoms with Gasteiger partial charge in [0, 0.05) is 35.6 Å². The Morgan fingerprint density at radius 2 is 1.30 bits per heavy atom. The average molecular weight is 630 g/mol. The minimum Gasteiger partial charge on any atom is -0.480 e. The molecule has 230 valence electrons. The van der Waals surface area contributed by atoms with E-state index in [0.29, 0.717) is 22.2 Å². The molecule has 0 aliphatic carbocycles. The van der Waals surface area contributed by atoms with E-state index in [4.69, 9.17) is 0 Å². The van der Waals surface area contributed by atoms with Crippen LogP contribution in [-0.2, 0) is 28.3 Å². The average Bonchev–Trinajstić information content (AvgIpc) is 3.36. The van der Waals surface area contributed by atoms with Crippen molar-refractivity contribution in [2.24, 2.45) is 7.05 Å². The number of benzene rings is 5. The standard InChI is InChI=1S/C37H31N3O5S/c1-40-33-22-19-29(39-46(44,45)30-20-17-27(18-21-30)26-13-7-3-8-14-26)24-31(33)34(28-15-9-4-10-16-28)35(40)36(41)38-32(37(42)43)23-25-11-5-2-6-12-25/h2-22,24,32,39H,23H2,1H3,(H,38,41)(H,42,43)/t32-/m0/s1. The summed E-state index contributed by atoms with van der Waals surface area (Å²) in [5.74, 6) is -1.70. The Hall–Kier alpha value is -5.67. The summed E-state index contributed by atoms with van der Waals surface area (Å²) in [7, 11) is -2.20. The van der Waals surface area contributed by atoms with Crippen molar-refractivity contribution in [3.05, 3.63) is 145 Å². The number of fused-ring (bicyclic) bond motifs is 1. The summed E-state index contributed by atoms with van der Waals surface area (Å²) in [6.07, 6.45) is 0.116. The van der Waals surface area contributed by atoms with Gasteiger partial charge in [-0.3, -0.25) is 9.52 Å². The fourth-order valence-electron chi connectivity index (χ4n) is 5.62. The zero-order valence-electron chi connectivity index (χ0n) is 24.9. The van der Waals surface area contributed by atoms with Crippen LogP contribution in [-0.4, -0.2) is 36.0 Å². The molecular weight excluding hydrogens is 598 g/mol. The molecule has 6 rings (SSSR count). The highest BCUT2D eigenvalue weighted by atomic mass is 32.2. The van der Waals surface area contributed by atoms with Crippen molar-refractivity contribution < 1.29 is 23.1 Å². The lowest BCUT2D eigenvalue weighted by Crippen LogP contribution is -2.43. The van der Waals surface area contributed by atoms with Gasteiger partial charge in [-0.15, -0.1) is 0 Å². The topological polar surface area (TPSA) is 118 Å². The Morgan fingerprint density at radius 1 is 0.739 bits per heavy atom. The van der Waals surface area contributed by atoms with E-state index in [-0.39, 0.29) is 17.0 Å². The second-order valence-corrected chi connectivity index (χ2v) is 12.6. The first kappa shape index (κ1) is 30.4. The first-order chi connectivity index (χ1) is 22.2. The molecule has 1 amide bonds. The fourth-order valence-corrected chi connectivity index (χ4v) is 6.67. The second-order valence-electron chi connectivity index (χ2n) is 10.9. The number of nitrogens with zero attached hydrogens (tertiary/aromatic N) is 1. The van der Waals surface area contributed by atoms with Crippen molar-refractivity contribution in [3.8, 4) is 22.3 Å². The number of anilines is 1. The molecule has 0 spiro atoms. The van der Waals surface area contributed by atoms with E-state index >= 15 is 0 Å². The van der Waals surface area contributed by atoms with E-state index in [1.807, 2.05) is 91.0 Å². The monoisotopic (exact) mass is 629 g/mol. The molecule has 6 aromatic rings. The van der Waals surface area contributed by atoms with Gasteiger partial charge in [0.15, 0.2) is 0 Å². The molecule has 0 saturated carbocycles. The molecular formula is C37H31N3O5S. The zero-order chi connectivity index (χ0) is 32.3. The third-order valence-electron chi connectivity index (χ3n) is 7.89. The Labute approximate surface area is 267 Å². The number of carboxylic acids is 1. The SMILES string of the molecule is Cn1c(C(=O)N[C@@H](Cc2ccccc2)C(=O)O)c(-c2ccccc2)c2cc(NS(=O)(=O)c3ccc(-c4ccccc4)cc3)ccc21. The van der Waals surface area contributed by atoms with Gasteiger partial charge in [-0.05, 0) is 52.6 Å². The lowest BCUT2D eigenvalue weighted by Gasteiger charge is -2.16. The molecule has 3 N–H and O–H groups in total. The fraction of sp³-hybridized carbons (Fsp3) is 0.0811. The van der Waals surface area contributed by atoms with Crippen LogP contribution in [0.4, 0.5) is 5.69 Å². The maximum atomic E-state index is 13.9. The molecule has 46 heavy (non-hydrogen) atoms. The van der Waals surface area contributed by atoms with Crippen LogP contribution in [0.25, 0.3) is 33.2 Å². The highest BCUT2D eigenvalue weighted by Crippen LogP contribution is 2.36. The largest absolute Gasteiger partial charge is 0.480 e. The zero-order valence-corrected chi connectivity index (χ0v) is 25.7. The lowest BCUT2D eigenvalue weighted by molar-refractivity contribution is -0.139. The van der Waals surface area contributed by atoms with E-state index in [1.165, 1.54) is 0 Å². The van der Waals surface area contributed by atoms with Crippen LogP contribution in [0.3, 0.4) is 0 Å². The third-order valence-corrected chi connectivity index (χ3v) is 9.28. The third kappa shape index (κ3) is 6.27. The minimum atomic E-state index is -3.93. The van der Waals surface area contributed by atoms with Crippen molar-refractivity contribution in [1.29, 1.82) is 0 Å². The van der Waals surface area contributed by atoms with Crippen molar-refractivity contribution >= 4 is 38.5 Å². The molecule has 0 saturated heterocycles. The molecule has 0 aliphatic heterocycles. The minimum absolute atomic E-state index is 0.113. The van der Waals surface area contributed by atoms with Gasteiger partial charge < -0.3 is 15.0 Å². The number of hydrogen-bond acceptors (Lipinski definition) is 4. The van der Waals surface area contributed by atoms with Crippen LogP contribution in [0, 0.1) is 0 Å². The summed E-state index contributed by atoms with van der Waals surface area (Å²) in [6, 6.07) is 38.7. The maximum Gasteiger partial charge on any atom is 0.326 e. The maximum absolute atomic E-state index is 13.9.